The van der Waals surface area contributed by atoms with Crippen molar-refractivity contribution in [1.82, 2.24) is 5.32 Å². The van der Waals surface area contributed by atoms with Crippen molar-refractivity contribution >= 4 is 17.2 Å². The average molecular weight is 386 g/mol. The van der Waals surface area contributed by atoms with Crippen LogP contribution in [0.5, 0.6) is 0 Å². The van der Waals surface area contributed by atoms with Gasteiger partial charge in [-0.2, -0.15) is 0 Å². The SMILES string of the molecule is C[C@H](NC(=O)C1CC1)[C@H](c1cccs1)[NH+]1CC[NH+](Cc2ccccc2)CC1. The highest BCUT2D eigenvalue weighted by atomic mass is 32.1. The average Bonchev–Trinajstić information content (AvgIpc) is 3.41. The molecule has 2 aliphatic rings. The van der Waals surface area contributed by atoms with Crippen LogP contribution in [-0.2, 0) is 11.3 Å². The van der Waals surface area contributed by atoms with Gasteiger partial charge in [-0.3, -0.25) is 4.79 Å². The van der Waals surface area contributed by atoms with Gasteiger partial charge in [0, 0.05) is 11.5 Å². The molecule has 0 spiro atoms. The Bertz CT molecular complexity index is 721. The number of quaternary nitrogens is 2. The number of hydrogen-bond donors (Lipinski definition) is 3. The number of carbonyl (C=O) groups is 1. The molecule has 2 fully saturated rings. The number of hydrogen-bond acceptors (Lipinski definition) is 2. The van der Waals surface area contributed by atoms with Crippen molar-refractivity contribution < 1.29 is 14.6 Å². The highest BCUT2D eigenvalue weighted by Crippen LogP contribution is 2.29. The normalized spacial score (nSPS) is 24.9. The molecule has 1 saturated heterocycles. The van der Waals surface area contributed by atoms with Crippen LogP contribution in [0.3, 0.4) is 0 Å². The molecule has 2 aromatic rings. The van der Waals surface area contributed by atoms with Gasteiger partial charge in [0.25, 0.3) is 0 Å². The van der Waals surface area contributed by atoms with E-state index in [1.54, 1.807) is 9.80 Å². The van der Waals surface area contributed by atoms with E-state index in [2.05, 4.69) is 60.1 Å². The third-order valence-electron chi connectivity index (χ3n) is 6.00. The van der Waals surface area contributed by atoms with E-state index in [0.717, 1.165) is 32.5 Å². The van der Waals surface area contributed by atoms with E-state index < -0.39 is 0 Å². The zero-order valence-electron chi connectivity index (χ0n) is 16.1. The number of benzene rings is 1. The van der Waals surface area contributed by atoms with Crippen molar-refractivity contribution in [2.45, 2.75) is 38.4 Å². The lowest BCUT2D eigenvalue weighted by Gasteiger charge is -2.37. The monoisotopic (exact) mass is 385 g/mol. The zero-order chi connectivity index (χ0) is 18.6. The highest BCUT2D eigenvalue weighted by Gasteiger charge is 2.38. The first-order valence-corrected chi connectivity index (χ1v) is 11.1. The molecule has 1 aliphatic carbocycles. The Morgan fingerprint density at radius 2 is 1.85 bits per heavy atom. The predicted octanol–water partition coefficient (Wildman–Crippen LogP) is 0.688. The first-order valence-electron chi connectivity index (χ1n) is 10.3. The van der Waals surface area contributed by atoms with Crippen LogP contribution in [0.15, 0.2) is 47.8 Å². The van der Waals surface area contributed by atoms with Gasteiger partial charge in [-0.05, 0) is 31.2 Å². The summed E-state index contributed by atoms with van der Waals surface area (Å²) in [6.45, 7) is 8.01. The Balaban J connectivity index is 1.38. The van der Waals surface area contributed by atoms with E-state index in [-0.39, 0.29) is 17.9 Å². The molecule has 1 aliphatic heterocycles. The highest BCUT2D eigenvalue weighted by molar-refractivity contribution is 7.10. The summed E-state index contributed by atoms with van der Waals surface area (Å²) in [5.74, 6) is 0.537. The molecular formula is C22H31N3OS+2. The van der Waals surface area contributed by atoms with Gasteiger partial charge in [0.05, 0.1) is 10.9 Å². The van der Waals surface area contributed by atoms with Crippen LogP contribution in [0.2, 0.25) is 0 Å². The third kappa shape index (κ3) is 4.78. The van der Waals surface area contributed by atoms with E-state index >= 15 is 0 Å². The molecule has 144 valence electrons. The van der Waals surface area contributed by atoms with E-state index in [1.165, 1.54) is 23.5 Å². The maximum absolute atomic E-state index is 12.3. The van der Waals surface area contributed by atoms with Crippen LogP contribution >= 0.6 is 11.3 Å². The van der Waals surface area contributed by atoms with Crippen molar-refractivity contribution in [2.75, 3.05) is 26.2 Å². The summed E-state index contributed by atoms with van der Waals surface area (Å²) in [4.78, 5) is 17.0. The fraction of sp³-hybridized carbons (Fsp3) is 0.500. The van der Waals surface area contributed by atoms with Gasteiger partial charge >= 0.3 is 0 Å². The first kappa shape index (κ1) is 18.7. The van der Waals surface area contributed by atoms with Gasteiger partial charge in [-0.15, -0.1) is 11.3 Å². The largest absolute Gasteiger partial charge is 0.347 e. The molecule has 4 nitrogen and oxygen atoms in total. The number of nitrogens with one attached hydrogen (secondary N) is 3. The summed E-state index contributed by atoms with van der Waals surface area (Å²) in [7, 11) is 0. The summed E-state index contributed by atoms with van der Waals surface area (Å²) < 4.78 is 0. The quantitative estimate of drug-likeness (QED) is 0.645. The summed E-state index contributed by atoms with van der Waals surface area (Å²) in [6, 6.07) is 15.7. The molecule has 3 N–H and O–H groups in total. The molecule has 2 heterocycles. The molecule has 1 amide bonds. The molecule has 0 radical (unpaired) electrons. The molecule has 1 aromatic carbocycles. The van der Waals surface area contributed by atoms with E-state index in [4.69, 9.17) is 0 Å². The molecule has 4 rings (SSSR count). The molecule has 2 atom stereocenters. The smallest absolute Gasteiger partial charge is 0.223 e. The van der Waals surface area contributed by atoms with Crippen molar-refractivity contribution in [2.24, 2.45) is 5.92 Å². The number of rotatable bonds is 7. The number of amides is 1. The molecule has 1 saturated carbocycles. The van der Waals surface area contributed by atoms with E-state index in [0.29, 0.717) is 6.04 Å². The lowest BCUT2D eigenvalue weighted by atomic mass is 10.0. The molecule has 5 heteroatoms. The topological polar surface area (TPSA) is 38.0 Å². The van der Waals surface area contributed by atoms with Crippen LogP contribution in [0.1, 0.15) is 36.2 Å². The number of piperazine rings is 1. The predicted molar refractivity (Wildman–Crippen MR) is 109 cm³/mol. The molecule has 1 aromatic heterocycles. The standard InChI is InChI=1S/C22H29N3OS/c1-17(23-22(26)19-9-10-19)21(20-8-5-15-27-20)25-13-11-24(12-14-25)16-18-6-3-2-4-7-18/h2-8,15,17,19,21H,9-14,16H2,1H3,(H,23,26)/p+2/t17-,21+/m0/s1. The molecule has 0 bridgehead atoms. The summed E-state index contributed by atoms with van der Waals surface area (Å²) in [6.07, 6.45) is 2.13. The second-order valence-corrected chi connectivity index (χ2v) is 9.11. The Kier molecular flexibility index (Phi) is 5.91. The van der Waals surface area contributed by atoms with Gasteiger partial charge in [0.1, 0.15) is 38.8 Å². The fourth-order valence-electron chi connectivity index (χ4n) is 4.34. The van der Waals surface area contributed by atoms with Crippen LogP contribution in [0.25, 0.3) is 0 Å². The van der Waals surface area contributed by atoms with Gasteiger partial charge in [-0.25, -0.2) is 0 Å². The number of carbonyl (C=O) groups excluding carboxylic acids is 1. The molecular weight excluding hydrogens is 354 g/mol. The molecule has 0 unspecified atom stereocenters. The number of thiophene rings is 1. The minimum atomic E-state index is 0.183. The van der Waals surface area contributed by atoms with Crippen molar-refractivity contribution in [3.63, 3.8) is 0 Å². The van der Waals surface area contributed by atoms with Gasteiger partial charge in [-0.1, -0.05) is 36.4 Å². The van der Waals surface area contributed by atoms with Crippen LogP contribution in [-0.4, -0.2) is 38.1 Å². The Hall–Kier alpha value is -1.69. The lowest BCUT2D eigenvalue weighted by molar-refractivity contribution is -1.03. The summed E-state index contributed by atoms with van der Waals surface area (Å²) >= 11 is 1.83. The molecule has 27 heavy (non-hydrogen) atoms. The van der Waals surface area contributed by atoms with E-state index in [1.807, 2.05) is 11.3 Å². The lowest BCUT2D eigenvalue weighted by Crippen LogP contribution is -3.28. The van der Waals surface area contributed by atoms with Crippen LogP contribution < -0.4 is 15.1 Å². The van der Waals surface area contributed by atoms with Gasteiger partial charge in [0.15, 0.2) is 0 Å². The van der Waals surface area contributed by atoms with Crippen molar-refractivity contribution in [3.05, 3.63) is 58.3 Å². The minimum Gasteiger partial charge on any atom is -0.347 e. The minimum absolute atomic E-state index is 0.183. The Morgan fingerprint density at radius 1 is 1.11 bits per heavy atom. The van der Waals surface area contributed by atoms with Crippen molar-refractivity contribution in [3.8, 4) is 0 Å². The maximum atomic E-state index is 12.3. The Morgan fingerprint density at radius 3 is 2.48 bits per heavy atom. The Labute approximate surface area is 166 Å². The second-order valence-electron chi connectivity index (χ2n) is 8.14. The fourth-order valence-corrected chi connectivity index (χ4v) is 5.33. The third-order valence-corrected chi connectivity index (χ3v) is 6.96. The van der Waals surface area contributed by atoms with E-state index in [9.17, 15) is 4.79 Å². The zero-order valence-corrected chi connectivity index (χ0v) is 16.9. The van der Waals surface area contributed by atoms with Gasteiger partial charge in [0.2, 0.25) is 5.91 Å². The summed E-state index contributed by atoms with van der Waals surface area (Å²) in [5.41, 5.74) is 1.43. The van der Waals surface area contributed by atoms with Gasteiger partial charge < -0.3 is 15.1 Å². The van der Waals surface area contributed by atoms with Crippen molar-refractivity contribution in [1.29, 1.82) is 0 Å². The summed E-state index contributed by atoms with van der Waals surface area (Å²) in [5, 5.41) is 5.48. The second kappa shape index (κ2) is 8.55. The first-order chi connectivity index (χ1) is 13.2. The van der Waals surface area contributed by atoms with Crippen LogP contribution in [0.4, 0.5) is 0 Å². The van der Waals surface area contributed by atoms with Crippen LogP contribution in [0, 0.1) is 5.92 Å². The maximum Gasteiger partial charge on any atom is 0.223 e.